The number of hydrogen-bond acceptors (Lipinski definition) is 2. The van der Waals surface area contributed by atoms with E-state index in [0.29, 0.717) is 0 Å². The van der Waals surface area contributed by atoms with Crippen molar-refractivity contribution < 1.29 is 0 Å². The van der Waals surface area contributed by atoms with Crippen LogP contribution in [0.15, 0.2) is 96.7 Å². The third-order valence-electron chi connectivity index (χ3n) is 8.83. The van der Waals surface area contributed by atoms with Gasteiger partial charge in [0.15, 0.2) is 0 Å². The standard InChI is InChI=1S/C44H56N2/c1-14-16-37(17-15-2)45(41-31(4)26-35(27-32(41)5)43(8,9)10)39-22-24-40(25-23-39)46(38-20-18-30(3)19-21-38)42-33(6)28-36(29-34(42)7)44(11,12)13/h14,16-29H,15H2,1-13H3/b16-14-,37-17+. The van der Waals surface area contributed by atoms with Crippen LogP contribution in [0.2, 0.25) is 0 Å². The average Bonchev–Trinajstić information content (AvgIpc) is 2.96. The Kier molecular flexibility index (Phi) is 10.4. The van der Waals surface area contributed by atoms with Crippen LogP contribution in [0.4, 0.5) is 28.4 Å². The molecule has 0 aliphatic heterocycles. The number of allylic oxidation sites excluding steroid dienone is 3. The van der Waals surface area contributed by atoms with Crippen molar-refractivity contribution >= 4 is 28.4 Å². The van der Waals surface area contributed by atoms with Gasteiger partial charge in [0, 0.05) is 22.8 Å². The van der Waals surface area contributed by atoms with Crippen molar-refractivity contribution in [1.29, 1.82) is 0 Å². The van der Waals surface area contributed by atoms with Gasteiger partial charge in [-0.1, -0.05) is 103 Å². The van der Waals surface area contributed by atoms with Crippen LogP contribution in [0, 0.1) is 34.6 Å². The highest BCUT2D eigenvalue weighted by Gasteiger charge is 2.24. The van der Waals surface area contributed by atoms with Crippen LogP contribution in [0.1, 0.15) is 101 Å². The number of benzene rings is 4. The van der Waals surface area contributed by atoms with Gasteiger partial charge in [-0.15, -0.1) is 0 Å². The zero-order chi connectivity index (χ0) is 34.0. The summed E-state index contributed by atoms with van der Waals surface area (Å²) in [5.41, 5.74) is 16.4. The third-order valence-corrected chi connectivity index (χ3v) is 8.83. The van der Waals surface area contributed by atoms with Gasteiger partial charge >= 0.3 is 0 Å². The van der Waals surface area contributed by atoms with Gasteiger partial charge in [-0.25, -0.2) is 0 Å². The zero-order valence-corrected chi connectivity index (χ0v) is 30.8. The minimum Gasteiger partial charge on any atom is -0.310 e. The SMILES string of the molecule is C/C=C\C(=C/CC)N(c1ccc(N(c2ccc(C)cc2)c2c(C)cc(C(C)(C)C)cc2C)cc1)c1c(C)cc(C(C)(C)C)cc1C. The first-order valence-corrected chi connectivity index (χ1v) is 16.9. The van der Waals surface area contributed by atoms with Crippen LogP contribution < -0.4 is 9.80 Å². The molecule has 0 saturated heterocycles. The van der Waals surface area contributed by atoms with E-state index in [1.807, 2.05) is 0 Å². The van der Waals surface area contributed by atoms with Crippen molar-refractivity contribution in [1.82, 2.24) is 0 Å². The topological polar surface area (TPSA) is 6.48 Å². The molecule has 4 rings (SSSR count). The lowest BCUT2D eigenvalue weighted by Gasteiger charge is -2.33. The van der Waals surface area contributed by atoms with Crippen molar-refractivity contribution in [2.45, 2.75) is 107 Å². The predicted octanol–water partition coefficient (Wildman–Crippen LogP) is 13.3. The molecule has 0 unspecified atom stereocenters. The number of rotatable bonds is 8. The summed E-state index contributed by atoms with van der Waals surface area (Å²) in [6, 6.07) is 27.5. The van der Waals surface area contributed by atoms with Crippen LogP contribution in [0.5, 0.6) is 0 Å². The van der Waals surface area contributed by atoms with Gasteiger partial charge in [0.1, 0.15) is 0 Å². The van der Waals surface area contributed by atoms with E-state index in [4.69, 9.17) is 0 Å². The number of nitrogens with zero attached hydrogens (tertiary/aromatic N) is 2. The van der Waals surface area contributed by atoms with Gasteiger partial charge < -0.3 is 9.80 Å². The molecule has 46 heavy (non-hydrogen) atoms. The van der Waals surface area contributed by atoms with Crippen molar-refractivity contribution in [3.8, 4) is 0 Å². The van der Waals surface area contributed by atoms with Gasteiger partial charge in [0.25, 0.3) is 0 Å². The van der Waals surface area contributed by atoms with Crippen LogP contribution in [-0.2, 0) is 10.8 Å². The molecule has 0 saturated carbocycles. The lowest BCUT2D eigenvalue weighted by molar-refractivity contribution is 0.589. The largest absolute Gasteiger partial charge is 0.310 e. The Morgan fingerprint density at radius 2 is 0.978 bits per heavy atom. The van der Waals surface area contributed by atoms with E-state index in [1.54, 1.807) is 0 Å². The Balaban J connectivity index is 1.92. The fraction of sp³-hybridized carbons (Fsp3) is 0.364. The monoisotopic (exact) mass is 612 g/mol. The highest BCUT2D eigenvalue weighted by molar-refractivity contribution is 5.83. The summed E-state index contributed by atoms with van der Waals surface area (Å²) in [4.78, 5) is 4.86. The fourth-order valence-electron chi connectivity index (χ4n) is 6.36. The van der Waals surface area contributed by atoms with E-state index < -0.39 is 0 Å². The Bertz CT molecular complexity index is 1670. The highest BCUT2D eigenvalue weighted by Crippen LogP contribution is 2.43. The number of aryl methyl sites for hydroxylation is 5. The second-order valence-electron chi connectivity index (χ2n) is 15.0. The van der Waals surface area contributed by atoms with Gasteiger partial charge in [-0.05, 0) is 135 Å². The Morgan fingerprint density at radius 3 is 1.37 bits per heavy atom. The lowest BCUT2D eigenvalue weighted by Crippen LogP contribution is -2.20. The molecule has 4 aromatic rings. The quantitative estimate of drug-likeness (QED) is 0.183. The molecule has 242 valence electrons. The fourth-order valence-corrected chi connectivity index (χ4v) is 6.36. The van der Waals surface area contributed by atoms with Crippen molar-refractivity contribution in [2.24, 2.45) is 0 Å². The second-order valence-corrected chi connectivity index (χ2v) is 15.0. The van der Waals surface area contributed by atoms with E-state index in [9.17, 15) is 0 Å². The summed E-state index contributed by atoms with van der Waals surface area (Å²) < 4.78 is 0. The van der Waals surface area contributed by atoms with Gasteiger partial charge in [-0.3, -0.25) is 0 Å². The smallest absolute Gasteiger partial charge is 0.0520 e. The summed E-state index contributed by atoms with van der Waals surface area (Å²) in [6.45, 7) is 29.2. The molecule has 0 spiro atoms. The van der Waals surface area contributed by atoms with Crippen molar-refractivity contribution in [2.75, 3.05) is 9.80 Å². The Morgan fingerprint density at radius 1 is 0.587 bits per heavy atom. The molecule has 0 aliphatic rings. The van der Waals surface area contributed by atoms with Crippen LogP contribution in [0.25, 0.3) is 0 Å². The molecule has 0 aromatic heterocycles. The highest BCUT2D eigenvalue weighted by atomic mass is 15.2. The second kappa shape index (κ2) is 13.8. The van der Waals surface area contributed by atoms with E-state index >= 15 is 0 Å². The molecule has 0 bridgehead atoms. The summed E-state index contributed by atoms with van der Waals surface area (Å²) in [6.07, 6.45) is 7.66. The summed E-state index contributed by atoms with van der Waals surface area (Å²) >= 11 is 0. The first-order valence-electron chi connectivity index (χ1n) is 16.9. The minimum absolute atomic E-state index is 0.0891. The molecular formula is C44H56N2. The predicted molar refractivity (Wildman–Crippen MR) is 204 cm³/mol. The van der Waals surface area contributed by atoms with Gasteiger partial charge in [-0.2, -0.15) is 0 Å². The molecule has 2 heteroatoms. The first kappa shape index (κ1) is 34.8. The van der Waals surface area contributed by atoms with Crippen LogP contribution in [0.3, 0.4) is 0 Å². The van der Waals surface area contributed by atoms with E-state index in [0.717, 1.165) is 23.5 Å². The van der Waals surface area contributed by atoms with Crippen LogP contribution >= 0.6 is 0 Å². The number of anilines is 5. The lowest BCUT2D eigenvalue weighted by atomic mass is 9.84. The van der Waals surface area contributed by atoms with Gasteiger partial charge in [0.05, 0.1) is 11.4 Å². The zero-order valence-electron chi connectivity index (χ0n) is 30.8. The molecule has 0 heterocycles. The average molecular weight is 613 g/mol. The molecule has 0 aliphatic carbocycles. The van der Waals surface area contributed by atoms with Crippen LogP contribution in [-0.4, -0.2) is 0 Å². The molecule has 2 nitrogen and oxygen atoms in total. The molecule has 4 aromatic carbocycles. The van der Waals surface area contributed by atoms with E-state index in [-0.39, 0.29) is 10.8 Å². The van der Waals surface area contributed by atoms with Crippen molar-refractivity contribution in [3.05, 3.63) is 136 Å². The maximum atomic E-state index is 2.44. The van der Waals surface area contributed by atoms with Gasteiger partial charge in [0.2, 0.25) is 0 Å². The molecule has 0 atom stereocenters. The number of hydrogen-bond donors (Lipinski definition) is 0. The minimum atomic E-state index is 0.0891. The molecule has 0 fully saturated rings. The maximum absolute atomic E-state index is 2.44. The third kappa shape index (κ3) is 7.49. The molecule has 0 N–H and O–H groups in total. The molecule has 0 amide bonds. The first-order chi connectivity index (χ1) is 21.6. The normalized spacial score (nSPS) is 12.6. The Hall–Kier alpha value is -4.04. The maximum Gasteiger partial charge on any atom is 0.0520 e. The summed E-state index contributed by atoms with van der Waals surface area (Å²) in [5, 5.41) is 0. The van der Waals surface area contributed by atoms with E-state index in [1.165, 1.54) is 56.0 Å². The Labute approximate surface area is 280 Å². The summed E-state index contributed by atoms with van der Waals surface area (Å²) in [7, 11) is 0. The molecular weight excluding hydrogens is 556 g/mol. The van der Waals surface area contributed by atoms with Crippen molar-refractivity contribution in [3.63, 3.8) is 0 Å². The molecule has 0 radical (unpaired) electrons. The van der Waals surface area contributed by atoms with E-state index in [2.05, 4.69) is 191 Å². The summed E-state index contributed by atoms with van der Waals surface area (Å²) in [5.74, 6) is 0.